The van der Waals surface area contributed by atoms with Crippen molar-refractivity contribution in [2.45, 2.75) is 50.3 Å². The summed E-state index contributed by atoms with van der Waals surface area (Å²) in [6.07, 6.45) is 0.591. The Hall–Kier alpha value is -0.423. The number of alkyl halides is 6. The Labute approximate surface area is 149 Å². The van der Waals surface area contributed by atoms with Gasteiger partial charge in [-0.2, -0.15) is 26.3 Å². The van der Waals surface area contributed by atoms with E-state index in [0.29, 0.717) is 19.8 Å². The Bertz CT molecular complexity index is 598. The van der Waals surface area contributed by atoms with Crippen LogP contribution in [0.2, 0.25) is 0 Å². The lowest BCUT2D eigenvalue weighted by molar-refractivity contribution is -0.0537. The molecule has 0 saturated heterocycles. The SMILES string of the molecule is CCCO[SiH](OCCC)C(C)N(S(=O)(=O)C(F)(F)F)S(=O)(=O)C(F)(F)F. The molecule has 0 heterocycles. The Morgan fingerprint density at radius 1 is 0.846 bits per heavy atom. The van der Waals surface area contributed by atoms with Crippen molar-refractivity contribution in [2.75, 3.05) is 13.2 Å². The zero-order chi connectivity index (χ0) is 21.0. The van der Waals surface area contributed by atoms with Crippen molar-refractivity contribution in [2.24, 2.45) is 0 Å². The fraction of sp³-hybridized carbons (Fsp3) is 1.00. The topological polar surface area (TPSA) is 90.0 Å². The minimum absolute atomic E-state index is 0.156. The van der Waals surface area contributed by atoms with Gasteiger partial charge in [0.05, 0.1) is 5.67 Å². The first-order valence-corrected chi connectivity index (χ1v) is 11.7. The highest BCUT2D eigenvalue weighted by molar-refractivity contribution is 8.04. The second-order valence-electron chi connectivity index (χ2n) is 4.98. The maximum Gasteiger partial charge on any atom is 0.512 e. The summed E-state index contributed by atoms with van der Waals surface area (Å²) in [7, 11) is -17.3. The average Bonchev–Trinajstić information content (AvgIpc) is 2.44. The van der Waals surface area contributed by atoms with E-state index in [-0.39, 0.29) is 13.2 Å². The smallest absolute Gasteiger partial charge is 0.396 e. The van der Waals surface area contributed by atoms with Gasteiger partial charge in [-0.15, -0.1) is 0 Å². The second kappa shape index (κ2) is 9.18. The summed E-state index contributed by atoms with van der Waals surface area (Å²) in [6.45, 7) is 3.42. The molecule has 0 N–H and O–H groups in total. The van der Waals surface area contributed by atoms with E-state index >= 15 is 0 Å². The minimum Gasteiger partial charge on any atom is -0.396 e. The summed E-state index contributed by atoms with van der Waals surface area (Å²) in [5.74, 6) is 0. The zero-order valence-corrected chi connectivity index (χ0v) is 16.8. The fourth-order valence-corrected chi connectivity index (χ4v) is 7.83. The number of hydrogen-bond acceptors (Lipinski definition) is 6. The van der Waals surface area contributed by atoms with Crippen molar-refractivity contribution in [1.82, 2.24) is 3.71 Å². The van der Waals surface area contributed by atoms with E-state index in [1.807, 2.05) is 0 Å². The van der Waals surface area contributed by atoms with Crippen LogP contribution in [0, 0.1) is 0 Å². The van der Waals surface area contributed by atoms with Crippen LogP contribution in [-0.2, 0) is 28.9 Å². The van der Waals surface area contributed by atoms with E-state index in [4.69, 9.17) is 8.85 Å². The Morgan fingerprint density at radius 2 is 1.15 bits per heavy atom. The molecule has 0 radical (unpaired) electrons. The molecule has 1 atom stereocenters. The third kappa shape index (κ3) is 5.79. The molecule has 0 aliphatic heterocycles. The van der Waals surface area contributed by atoms with Crippen LogP contribution in [0.25, 0.3) is 0 Å². The molecule has 16 heteroatoms. The largest absolute Gasteiger partial charge is 0.512 e. The van der Waals surface area contributed by atoms with Crippen LogP contribution in [0.5, 0.6) is 0 Å². The summed E-state index contributed by atoms with van der Waals surface area (Å²) < 4.78 is 132. The van der Waals surface area contributed by atoms with Gasteiger partial charge >= 0.3 is 40.3 Å². The molecule has 158 valence electrons. The van der Waals surface area contributed by atoms with Gasteiger partial charge in [-0.3, -0.25) is 0 Å². The van der Waals surface area contributed by atoms with Crippen molar-refractivity contribution >= 4 is 29.3 Å². The maximum absolute atomic E-state index is 12.8. The van der Waals surface area contributed by atoms with Crippen LogP contribution in [0.3, 0.4) is 0 Å². The van der Waals surface area contributed by atoms with Gasteiger partial charge in [0.2, 0.25) is 0 Å². The molecule has 26 heavy (non-hydrogen) atoms. The van der Waals surface area contributed by atoms with Gasteiger partial charge in [0, 0.05) is 13.2 Å². The molecule has 0 aliphatic rings. The van der Waals surface area contributed by atoms with Crippen LogP contribution in [0.4, 0.5) is 26.3 Å². The predicted octanol–water partition coefficient (Wildman–Crippen LogP) is 1.99. The van der Waals surface area contributed by atoms with E-state index in [0.717, 1.165) is 0 Å². The van der Waals surface area contributed by atoms with E-state index in [9.17, 15) is 43.2 Å². The minimum atomic E-state index is -6.87. The molecule has 0 fully saturated rings. The van der Waals surface area contributed by atoms with Crippen LogP contribution >= 0.6 is 0 Å². The quantitative estimate of drug-likeness (QED) is 0.370. The van der Waals surface area contributed by atoms with Gasteiger partial charge < -0.3 is 8.85 Å². The molecule has 0 aromatic carbocycles. The number of rotatable bonds is 10. The van der Waals surface area contributed by atoms with E-state index in [2.05, 4.69) is 0 Å². The van der Waals surface area contributed by atoms with Gasteiger partial charge in [0.1, 0.15) is 0 Å². The number of halogens is 6. The lowest BCUT2D eigenvalue weighted by atomic mass is 10.5. The summed E-state index contributed by atoms with van der Waals surface area (Å²) >= 11 is 0. The average molecular weight is 455 g/mol. The van der Waals surface area contributed by atoms with Crippen LogP contribution in [-0.4, -0.2) is 59.7 Å². The molecule has 0 spiro atoms. The molecule has 0 aromatic heterocycles. The lowest BCUT2D eigenvalue weighted by Crippen LogP contribution is -2.58. The molecule has 0 aromatic rings. The van der Waals surface area contributed by atoms with Gasteiger partial charge in [0.15, 0.2) is 0 Å². The van der Waals surface area contributed by atoms with Crippen LogP contribution in [0.1, 0.15) is 33.6 Å². The number of hydrogen-bond donors (Lipinski definition) is 0. The standard InChI is InChI=1S/C10H19F6NO6S2Si/c1-4-6-22-26(23-7-5-2)8(3)17(24(18,19)9(11,12)13)25(20,21)10(14,15)16/h8,26H,4-7H2,1-3H3. The molecule has 0 aliphatic carbocycles. The molecule has 0 bridgehead atoms. The highest BCUT2D eigenvalue weighted by atomic mass is 32.3. The van der Waals surface area contributed by atoms with Crippen LogP contribution < -0.4 is 0 Å². The molecular weight excluding hydrogens is 436 g/mol. The molecular formula is C10H19F6NO6S2Si. The van der Waals surface area contributed by atoms with Gasteiger partial charge in [0.25, 0.3) is 0 Å². The Kier molecular flexibility index (Phi) is 9.03. The van der Waals surface area contributed by atoms with Gasteiger partial charge in [-0.1, -0.05) is 17.6 Å². The second-order valence-corrected chi connectivity index (χ2v) is 11.2. The van der Waals surface area contributed by atoms with Crippen molar-refractivity contribution in [3.63, 3.8) is 0 Å². The van der Waals surface area contributed by atoms with Crippen LogP contribution in [0.15, 0.2) is 0 Å². The zero-order valence-electron chi connectivity index (χ0n) is 14.0. The Balaban J connectivity index is 6.31. The highest BCUT2D eigenvalue weighted by Gasteiger charge is 2.64. The summed E-state index contributed by atoms with van der Waals surface area (Å²) in [5.41, 5.74) is -14.9. The summed E-state index contributed by atoms with van der Waals surface area (Å²) in [4.78, 5) is 0. The monoisotopic (exact) mass is 455 g/mol. The maximum atomic E-state index is 12.8. The first kappa shape index (κ1) is 25.6. The summed E-state index contributed by atoms with van der Waals surface area (Å²) in [5, 5.41) is 0. The fourth-order valence-electron chi connectivity index (χ4n) is 1.67. The van der Waals surface area contributed by atoms with Gasteiger partial charge in [-0.05, 0) is 19.8 Å². The predicted molar refractivity (Wildman–Crippen MR) is 80.9 cm³/mol. The normalized spacial score (nSPS) is 15.7. The molecule has 0 rings (SSSR count). The van der Waals surface area contributed by atoms with E-state index in [1.165, 1.54) is 0 Å². The summed E-state index contributed by atoms with van der Waals surface area (Å²) in [6, 6.07) is 0. The van der Waals surface area contributed by atoms with Crippen molar-refractivity contribution in [1.29, 1.82) is 0 Å². The number of sulfonamides is 2. The first-order chi connectivity index (χ1) is 11.6. The molecule has 7 nitrogen and oxygen atoms in total. The highest BCUT2D eigenvalue weighted by Crippen LogP contribution is 2.37. The van der Waals surface area contributed by atoms with Crippen molar-refractivity contribution < 1.29 is 52.0 Å². The molecule has 1 unspecified atom stereocenters. The number of nitrogens with zero attached hydrogens (tertiary/aromatic N) is 1. The lowest BCUT2D eigenvalue weighted by Gasteiger charge is -2.32. The Morgan fingerprint density at radius 3 is 1.38 bits per heavy atom. The van der Waals surface area contributed by atoms with E-state index in [1.54, 1.807) is 13.8 Å². The molecule has 0 amide bonds. The molecule has 0 saturated carbocycles. The van der Waals surface area contributed by atoms with E-state index < -0.39 is 49.7 Å². The van der Waals surface area contributed by atoms with Crippen molar-refractivity contribution in [3.8, 4) is 0 Å². The van der Waals surface area contributed by atoms with Crippen molar-refractivity contribution in [3.05, 3.63) is 0 Å². The third-order valence-electron chi connectivity index (χ3n) is 2.76. The third-order valence-corrected chi connectivity index (χ3v) is 9.36. The first-order valence-electron chi connectivity index (χ1n) is 7.21. The van der Waals surface area contributed by atoms with Gasteiger partial charge in [-0.25, -0.2) is 16.8 Å².